The predicted octanol–water partition coefficient (Wildman–Crippen LogP) is 8.71. The van der Waals surface area contributed by atoms with Gasteiger partial charge in [-0.2, -0.15) is 5.26 Å². The van der Waals surface area contributed by atoms with Crippen molar-refractivity contribution in [2.75, 3.05) is 0 Å². The van der Waals surface area contributed by atoms with Gasteiger partial charge in [0.05, 0.1) is 11.6 Å². The van der Waals surface area contributed by atoms with Gasteiger partial charge in [0.25, 0.3) is 0 Å². The second-order valence-electron chi connectivity index (χ2n) is 9.88. The minimum absolute atomic E-state index is 0.645. The van der Waals surface area contributed by atoms with Crippen molar-refractivity contribution >= 4 is 0 Å². The maximum atomic E-state index is 8.96. The molecule has 0 radical (unpaired) electrons. The lowest BCUT2D eigenvalue weighted by atomic mass is 9.77. The predicted molar refractivity (Wildman–Crippen MR) is 140 cm³/mol. The summed E-state index contributed by atoms with van der Waals surface area (Å²) in [6.45, 7) is 2.29. The van der Waals surface area contributed by atoms with Gasteiger partial charge < -0.3 is 0 Å². The number of unbranched alkanes of at least 4 members (excludes halogenated alkanes) is 5. The standard InChI is InChI=1S/C31H37N3/c1-2-3-4-5-6-7-8-24-9-13-26(14-10-24)27-17-19-28(20-18-27)30-22-33-31(34-23-30)29-15-11-25(21-32)12-16-29/h11-12,15-20,22-24,26H,2-10,13-14H2,1H3/t24-,26-. The van der Waals surface area contributed by atoms with Gasteiger partial charge in [0, 0.05) is 23.5 Å². The fraction of sp³-hybridized carbons (Fsp3) is 0.452. The molecule has 4 rings (SSSR count). The normalized spacial score (nSPS) is 17.9. The third kappa shape index (κ3) is 6.54. The molecule has 3 nitrogen and oxygen atoms in total. The number of rotatable bonds is 10. The third-order valence-corrected chi connectivity index (χ3v) is 7.45. The van der Waals surface area contributed by atoms with Crippen LogP contribution in [-0.4, -0.2) is 9.97 Å². The zero-order valence-electron chi connectivity index (χ0n) is 20.5. The number of nitriles is 1. The molecule has 3 aromatic rings. The first-order valence-corrected chi connectivity index (χ1v) is 13.2. The van der Waals surface area contributed by atoms with Gasteiger partial charge in [0.15, 0.2) is 5.82 Å². The van der Waals surface area contributed by atoms with Crippen molar-refractivity contribution in [3.8, 4) is 28.6 Å². The lowest BCUT2D eigenvalue weighted by Crippen LogP contribution is -2.13. The SMILES string of the molecule is CCCCCCCC[C@H]1CC[C@H](c2ccc(-c3cnc(-c4ccc(C#N)cc4)nc3)cc2)CC1. The quantitative estimate of drug-likeness (QED) is 0.290. The number of hydrogen-bond acceptors (Lipinski definition) is 3. The molecule has 0 N–H and O–H groups in total. The molecule has 3 heteroatoms. The first-order valence-electron chi connectivity index (χ1n) is 13.2. The lowest BCUT2D eigenvalue weighted by Gasteiger charge is -2.29. The Bertz CT molecular complexity index is 1040. The maximum absolute atomic E-state index is 8.96. The zero-order valence-corrected chi connectivity index (χ0v) is 20.5. The van der Waals surface area contributed by atoms with Crippen LogP contribution in [0.3, 0.4) is 0 Å². The molecule has 34 heavy (non-hydrogen) atoms. The Kier molecular flexibility index (Phi) is 8.85. The highest BCUT2D eigenvalue weighted by molar-refractivity contribution is 5.64. The molecule has 0 bridgehead atoms. The zero-order chi connectivity index (χ0) is 23.6. The van der Waals surface area contributed by atoms with Gasteiger partial charge >= 0.3 is 0 Å². The number of nitrogens with zero attached hydrogens (tertiary/aromatic N) is 3. The van der Waals surface area contributed by atoms with Crippen LogP contribution >= 0.6 is 0 Å². The molecular formula is C31H37N3. The molecule has 1 aliphatic carbocycles. The van der Waals surface area contributed by atoms with Crippen molar-refractivity contribution < 1.29 is 0 Å². The average Bonchev–Trinajstić information content (AvgIpc) is 2.91. The Morgan fingerprint density at radius 3 is 2.00 bits per heavy atom. The van der Waals surface area contributed by atoms with Crippen LogP contribution < -0.4 is 0 Å². The van der Waals surface area contributed by atoms with E-state index in [1.54, 1.807) is 12.1 Å². The van der Waals surface area contributed by atoms with E-state index < -0.39 is 0 Å². The van der Waals surface area contributed by atoms with E-state index in [1.165, 1.54) is 76.2 Å². The molecule has 1 aromatic heterocycles. The van der Waals surface area contributed by atoms with Gasteiger partial charge in [-0.3, -0.25) is 0 Å². The Morgan fingerprint density at radius 1 is 0.735 bits per heavy atom. The van der Waals surface area contributed by atoms with E-state index in [1.807, 2.05) is 24.5 Å². The Labute approximate surface area is 205 Å². The summed E-state index contributed by atoms with van der Waals surface area (Å²) in [6.07, 6.45) is 19.1. The first-order chi connectivity index (χ1) is 16.8. The van der Waals surface area contributed by atoms with Crippen molar-refractivity contribution in [3.63, 3.8) is 0 Å². The van der Waals surface area contributed by atoms with E-state index >= 15 is 0 Å². The molecule has 1 fully saturated rings. The van der Waals surface area contributed by atoms with Crippen molar-refractivity contribution in [2.24, 2.45) is 5.92 Å². The average molecular weight is 452 g/mol. The van der Waals surface area contributed by atoms with Gasteiger partial charge in [-0.05, 0) is 72.9 Å². The van der Waals surface area contributed by atoms with E-state index in [9.17, 15) is 0 Å². The molecule has 2 aromatic carbocycles. The number of aromatic nitrogens is 2. The van der Waals surface area contributed by atoms with Crippen LogP contribution in [0.1, 0.15) is 94.6 Å². The molecule has 176 valence electrons. The van der Waals surface area contributed by atoms with Crippen LogP contribution in [0.15, 0.2) is 60.9 Å². The minimum Gasteiger partial charge on any atom is -0.236 e. The van der Waals surface area contributed by atoms with E-state index in [2.05, 4.69) is 47.2 Å². The molecule has 1 aliphatic rings. The van der Waals surface area contributed by atoms with Crippen molar-refractivity contribution in [1.82, 2.24) is 9.97 Å². The van der Waals surface area contributed by atoms with Crippen LogP contribution in [-0.2, 0) is 0 Å². The lowest BCUT2D eigenvalue weighted by molar-refractivity contribution is 0.302. The molecule has 0 amide bonds. The fourth-order valence-corrected chi connectivity index (χ4v) is 5.27. The smallest absolute Gasteiger partial charge is 0.159 e. The molecular weight excluding hydrogens is 414 g/mol. The summed E-state index contributed by atoms with van der Waals surface area (Å²) in [5.41, 5.74) is 5.25. The summed E-state index contributed by atoms with van der Waals surface area (Å²) in [5, 5.41) is 8.96. The fourth-order valence-electron chi connectivity index (χ4n) is 5.27. The third-order valence-electron chi connectivity index (χ3n) is 7.45. The summed E-state index contributed by atoms with van der Waals surface area (Å²) in [5.74, 6) is 2.35. The first kappa shape index (κ1) is 24.1. The molecule has 0 atom stereocenters. The van der Waals surface area contributed by atoms with Gasteiger partial charge in [0.1, 0.15) is 0 Å². The highest BCUT2D eigenvalue weighted by atomic mass is 14.9. The molecule has 1 saturated carbocycles. The second kappa shape index (κ2) is 12.5. The van der Waals surface area contributed by atoms with E-state index in [4.69, 9.17) is 5.26 Å². The Morgan fingerprint density at radius 2 is 1.35 bits per heavy atom. The van der Waals surface area contributed by atoms with Gasteiger partial charge in [-0.25, -0.2) is 9.97 Å². The van der Waals surface area contributed by atoms with E-state index in [0.717, 1.165) is 22.6 Å². The van der Waals surface area contributed by atoms with Crippen LogP contribution in [0, 0.1) is 17.2 Å². The second-order valence-corrected chi connectivity index (χ2v) is 9.88. The summed E-state index contributed by atoms with van der Waals surface area (Å²) in [7, 11) is 0. The highest BCUT2D eigenvalue weighted by Gasteiger charge is 2.22. The van der Waals surface area contributed by atoms with Gasteiger partial charge in [-0.15, -0.1) is 0 Å². The molecule has 0 saturated heterocycles. The van der Waals surface area contributed by atoms with Crippen LogP contribution in [0.4, 0.5) is 0 Å². The molecule has 0 unspecified atom stereocenters. The van der Waals surface area contributed by atoms with E-state index in [0.29, 0.717) is 17.3 Å². The van der Waals surface area contributed by atoms with Crippen molar-refractivity contribution in [1.29, 1.82) is 5.26 Å². The summed E-state index contributed by atoms with van der Waals surface area (Å²) >= 11 is 0. The van der Waals surface area contributed by atoms with Crippen LogP contribution in [0.2, 0.25) is 0 Å². The summed E-state index contributed by atoms with van der Waals surface area (Å²) < 4.78 is 0. The summed E-state index contributed by atoms with van der Waals surface area (Å²) in [6, 6.07) is 18.6. The van der Waals surface area contributed by atoms with Gasteiger partial charge in [0.2, 0.25) is 0 Å². The minimum atomic E-state index is 0.645. The monoisotopic (exact) mass is 451 g/mol. The van der Waals surface area contributed by atoms with Crippen molar-refractivity contribution in [3.05, 3.63) is 72.1 Å². The van der Waals surface area contributed by atoms with E-state index in [-0.39, 0.29) is 0 Å². The molecule has 0 spiro atoms. The Hall–Kier alpha value is -2.99. The Balaban J connectivity index is 1.27. The summed E-state index contributed by atoms with van der Waals surface area (Å²) in [4.78, 5) is 9.11. The number of hydrogen-bond donors (Lipinski definition) is 0. The largest absolute Gasteiger partial charge is 0.236 e. The highest BCUT2D eigenvalue weighted by Crippen LogP contribution is 2.38. The van der Waals surface area contributed by atoms with Gasteiger partial charge in [-0.1, -0.05) is 76.1 Å². The van der Waals surface area contributed by atoms with Crippen molar-refractivity contribution in [2.45, 2.75) is 83.5 Å². The maximum Gasteiger partial charge on any atom is 0.159 e. The topological polar surface area (TPSA) is 49.6 Å². The molecule has 0 aliphatic heterocycles. The van der Waals surface area contributed by atoms with Crippen LogP contribution in [0.5, 0.6) is 0 Å². The molecule has 1 heterocycles. The number of benzene rings is 2. The van der Waals surface area contributed by atoms with Crippen LogP contribution in [0.25, 0.3) is 22.5 Å².